The van der Waals surface area contributed by atoms with Crippen LogP contribution in [0, 0.1) is 0 Å². The summed E-state index contributed by atoms with van der Waals surface area (Å²) in [6.07, 6.45) is 48.6. The molecule has 8 nitrogen and oxygen atoms in total. The fourth-order valence-electron chi connectivity index (χ4n) is 4.88. The minimum absolute atomic E-state index is 0.0123. The number of carboxylic acid groups (broad SMARTS) is 1. The first kappa shape index (κ1) is 50.0. The minimum atomic E-state index is -1.15. The first-order valence-electron chi connectivity index (χ1n) is 19.9. The number of ether oxygens (including phenoxy) is 3. The van der Waals surface area contributed by atoms with E-state index in [0.717, 1.165) is 64.2 Å². The fraction of sp³-hybridized carbons (Fsp3) is 0.543. The van der Waals surface area contributed by atoms with Gasteiger partial charge in [-0.1, -0.05) is 123 Å². The summed E-state index contributed by atoms with van der Waals surface area (Å²) in [7, 11) is 5.34. The van der Waals surface area contributed by atoms with Crippen LogP contribution in [-0.4, -0.2) is 75.5 Å². The Morgan fingerprint density at radius 2 is 0.981 bits per heavy atom. The number of esters is 2. The van der Waals surface area contributed by atoms with Crippen LogP contribution in [0.2, 0.25) is 0 Å². The maximum Gasteiger partial charge on any atom is 0.306 e. The molecule has 0 saturated heterocycles. The van der Waals surface area contributed by atoms with Crippen molar-refractivity contribution in [1.29, 1.82) is 0 Å². The first-order valence-corrected chi connectivity index (χ1v) is 19.9. The van der Waals surface area contributed by atoms with Gasteiger partial charge in [-0.2, -0.15) is 0 Å². The van der Waals surface area contributed by atoms with Crippen LogP contribution in [0.5, 0.6) is 0 Å². The fourth-order valence-corrected chi connectivity index (χ4v) is 4.88. The molecule has 0 aliphatic heterocycles. The number of carboxylic acids is 1. The van der Waals surface area contributed by atoms with E-state index in [1.54, 1.807) is 21.1 Å². The molecule has 0 aliphatic rings. The van der Waals surface area contributed by atoms with Gasteiger partial charge in [0.2, 0.25) is 0 Å². The van der Waals surface area contributed by atoms with Crippen molar-refractivity contribution in [1.82, 2.24) is 0 Å². The van der Waals surface area contributed by atoms with Crippen LogP contribution in [0.15, 0.2) is 109 Å². The Morgan fingerprint density at radius 3 is 1.41 bits per heavy atom. The van der Waals surface area contributed by atoms with E-state index in [9.17, 15) is 19.5 Å². The lowest BCUT2D eigenvalue weighted by Gasteiger charge is -2.34. The second kappa shape index (κ2) is 36.0. The van der Waals surface area contributed by atoms with E-state index in [1.165, 1.54) is 0 Å². The van der Waals surface area contributed by atoms with Crippen LogP contribution >= 0.6 is 0 Å². The van der Waals surface area contributed by atoms with Crippen molar-refractivity contribution in [3.05, 3.63) is 109 Å². The maximum atomic E-state index is 12.7. The molecule has 0 radical (unpaired) electrons. The Balaban J connectivity index is 4.63. The number of likely N-dealkylation sites (N-methyl/N-ethyl adjacent to an activating group) is 1. The zero-order valence-corrected chi connectivity index (χ0v) is 34.1. The van der Waals surface area contributed by atoms with E-state index in [2.05, 4.69) is 111 Å². The molecule has 0 N–H and O–H groups in total. The van der Waals surface area contributed by atoms with Crippen molar-refractivity contribution in [2.24, 2.45) is 0 Å². The van der Waals surface area contributed by atoms with Gasteiger partial charge >= 0.3 is 11.9 Å². The molecule has 0 aromatic carbocycles. The quantitative estimate of drug-likeness (QED) is 0.0285. The summed E-state index contributed by atoms with van der Waals surface area (Å²) in [6.45, 7) is 4.25. The Morgan fingerprint density at radius 1 is 0.556 bits per heavy atom. The van der Waals surface area contributed by atoms with Gasteiger partial charge < -0.3 is 28.6 Å². The molecule has 0 spiro atoms. The molecular formula is C46H71NO7. The number of rotatable bonds is 33. The molecule has 0 aliphatic carbocycles. The molecule has 0 saturated carbocycles. The Kier molecular flexibility index (Phi) is 33.3. The number of aliphatic carboxylic acids is 1. The lowest BCUT2D eigenvalue weighted by atomic mass is 10.1. The van der Waals surface area contributed by atoms with Crippen molar-refractivity contribution in [2.45, 2.75) is 122 Å². The third kappa shape index (κ3) is 33.8. The van der Waals surface area contributed by atoms with Gasteiger partial charge in [0.25, 0.3) is 0 Å². The molecule has 8 heteroatoms. The molecule has 0 heterocycles. The zero-order valence-electron chi connectivity index (χ0n) is 34.1. The smallest absolute Gasteiger partial charge is 0.306 e. The monoisotopic (exact) mass is 750 g/mol. The number of unbranched alkanes of at least 4 members (excludes halogenated alkanes) is 1. The van der Waals surface area contributed by atoms with Gasteiger partial charge in [0.05, 0.1) is 40.3 Å². The maximum absolute atomic E-state index is 12.7. The summed E-state index contributed by atoms with van der Waals surface area (Å²) in [6, 6.07) is -0.752. The largest absolute Gasteiger partial charge is 0.544 e. The van der Waals surface area contributed by atoms with Crippen LogP contribution in [0.1, 0.15) is 110 Å². The van der Waals surface area contributed by atoms with E-state index in [1.807, 2.05) is 12.2 Å². The number of hydrogen-bond acceptors (Lipinski definition) is 7. The van der Waals surface area contributed by atoms with Crippen molar-refractivity contribution in [3.8, 4) is 0 Å². The summed E-state index contributed by atoms with van der Waals surface area (Å²) in [5, 5.41) is 11.6. The highest BCUT2D eigenvalue weighted by Gasteiger charge is 2.25. The molecule has 0 fully saturated rings. The number of nitrogens with zero attached hydrogens (tertiary/aromatic N) is 1. The molecular weight excluding hydrogens is 679 g/mol. The average molecular weight is 750 g/mol. The van der Waals surface area contributed by atoms with Crippen LogP contribution in [-0.2, 0) is 28.6 Å². The number of carbonyl (C=O) groups excluding carboxylic acids is 3. The van der Waals surface area contributed by atoms with Crippen LogP contribution in [0.4, 0.5) is 0 Å². The second-order valence-corrected chi connectivity index (χ2v) is 13.7. The van der Waals surface area contributed by atoms with Crippen molar-refractivity contribution >= 4 is 17.9 Å². The summed E-state index contributed by atoms with van der Waals surface area (Å²) in [5.74, 6) is -1.94. The molecule has 0 aromatic heterocycles. The highest BCUT2D eigenvalue weighted by molar-refractivity contribution is 5.70. The van der Waals surface area contributed by atoms with Crippen molar-refractivity contribution < 1.29 is 38.2 Å². The number of carbonyl (C=O) groups is 3. The summed E-state index contributed by atoms with van der Waals surface area (Å²) in [4.78, 5) is 36.7. The second-order valence-electron chi connectivity index (χ2n) is 13.7. The van der Waals surface area contributed by atoms with Crippen LogP contribution in [0.25, 0.3) is 0 Å². The van der Waals surface area contributed by atoms with Gasteiger partial charge in [-0.25, -0.2) is 0 Å². The molecule has 302 valence electrons. The summed E-state index contributed by atoms with van der Waals surface area (Å²) >= 11 is 0. The van der Waals surface area contributed by atoms with E-state index in [4.69, 9.17) is 14.2 Å². The minimum Gasteiger partial charge on any atom is -0.544 e. The van der Waals surface area contributed by atoms with Gasteiger partial charge in [-0.15, -0.1) is 0 Å². The van der Waals surface area contributed by atoms with E-state index in [0.29, 0.717) is 12.8 Å². The standard InChI is InChI=1S/C46H71NO7/c1-6-8-10-12-14-16-18-20-21-22-23-25-27-29-31-33-35-37-45(49)54-42(40-52-39-38-43(46(50)51)47(3,4)5)41-53-44(48)36-34-32-30-28-26-24-19-17-15-13-11-9-7-2/h8-11,14-17,20-21,23-26,29-32,42-43H,6-7,12-13,18-19,22,27-28,33-41H2,1-5H3/b10-8-,11-9-,16-14-,17-15-,21-20-,25-23-,26-24-,31-29-,32-30-. The topological polar surface area (TPSA) is 102 Å². The van der Waals surface area contributed by atoms with E-state index >= 15 is 0 Å². The Labute approximate surface area is 328 Å². The normalized spacial score (nSPS) is 14.2. The molecule has 0 amide bonds. The van der Waals surface area contributed by atoms with Gasteiger partial charge in [-0.3, -0.25) is 9.59 Å². The number of allylic oxidation sites excluding steroid dienone is 18. The predicted octanol–water partition coefficient (Wildman–Crippen LogP) is 9.18. The predicted molar refractivity (Wildman–Crippen MR) is 221 cm³/mol. The Bertz CT molecular complexity index is 1240. The average Bonchev–Trinajstić information content (AvgIpc) is 3.12. The SMILES string of the molecule is CC/C=C\C/C=C\C/C=C\C/C=C\C/C=C\CCCC(=O)OC(COCCC(C(=O)[O-])[N+](C)(C)C)COC(=O)CC/C=C\C/C=C\C/C=C\C/C=C\CC. The summed E-state index contributed by atoms with van der Waals surface area (Å²) < 4.78 is 17.0. The van der Waals surface area contributed by atoms with Gasteiger partial charge in [0, 0.05) is 19.3 Å². The van der Waals surface area contributed by atoms with E-state index in [-0.39, 0.29) is 49.5 Å². The van der Waals surface area contributed by atoms with Crippen molar-refractivity contribution in [2.75, 3.05) is 41.0 Å². The molecule has 2 atom stereocenters. The Hall–Kier alpha value is -4.01. The number of quaternary nitrogens is 1. The van der Waals surface area contributed by atoms with Gasteiger partial charge in [0.1, 0.15) is 12.6 Å². The van der Waals surface area contributed by atoms with Crippen LogP contribution in [0.3, 0.4) is 0 Å². The zero-order chi connectivity index (χ0) is 40.0. The molecule has 2 unspecified atom stereocenters. The lowest BCUT2D eigenvalue weighted by molar-refractivity contribution is -0.889. The van der Waals surface area contributed by atoms with E-state index < -0.39 is 24.1 Å². The van der Waals surface area contributed by atoms with Crippen molar-refractivity contribution in [3.63, 3.8) is 0 Å². The van der Waals surface area contributed by atoms with Crippen LogP contribution < -0.4 is 5.11 Å². The molecule has 0 rings (SSSR count). The number of hydrogen-bond donors (Lipinski definition) is 0. The molecule has 54 heavy (non-hydrogen) atoms. The molecule has 0 aromatic rings. The van der Waals surface area contributed by atoms with Gasteiger partial charge in [-0.05, 0) is 77.0 Å². The summed E-state index contributed by atoms with van der Waals surface area (Å²) in [5.41, 5.74) is 0. The lowest BCUT2D eigenvalue weighted by Crippen LogP contribution is -2.55. The van der Waals surface area contributed by atoms with Gasteiger partial charge in [0.15, 0.2) is 6.10 Å². The third-order valence-electron chi connectivity index (χ3n) is 7.92. The highest BCUT2D eigenvalue weighted by atomic mass is 16.6. The molecule has 0 bridgehead atoms. The third-order valence-corrected chi connectivity index (χ3v) is 7.92. The highest BCUT2D eigenvalue weighted by Crippen LogP contribution is 2.09. The first-order chi connectivity index (χ1) is 26.1.